The molecule has 0 aromatic carbocycles. The van der Waals surface area contributed by atoms with Crippen molar-refractivity contribution in [3.8, 4) is 0 Å². The van der Waals surface area contributed by atoms with Crippen LogP contribution in [-0.4, -0.2) is 25.0 Å². The maximum Gasteiger partial charge on any atom is 0.000709 e. The zero-order valence-corrected chi connectivity index (χ0v) is 4.85. The fourth-order valence-electron chi connectivity index (χ4n) is 1.03. The summed E-state index contributed by atoms with van der Waals surface area (Å²) in [5.74, 6) is 0.699. The number of hydrogen-bond donors (Lipinski definition) is 0. The second kappa shape index (κ2) is 1.83. The van der Waals surface area contributed by atoms with Gasteiger partial charge in [-0.1, -0.05) is 0 Å². The first kappa shape index (κ1) is 5.10. The molecule has 0 aromatic rings. The van der Waals surface area contributed by atoms with E-state index in [0.29, 0.717) is 5.92 Å². The highest BCUT2D eigenvalue weighted by Gasteiger charge is 2.13. The van der Waals surface area contributed by atoms with E-state index in [4.69, 9.17) is 0 Å². The van der Waals surface area contributed by atoms with E-state index in [-0.39, 0.29) is 0 Å². The lowest BCUT2D eigenvalue weighted by molar-refractivity contribution is 0.407. The van der Waals surface area contributed by atoms with E-state index >= 15 is 0 Å². The van der Waals surface area contributed by atoms with Crippen LogP contribution in [0.2, 0.25) is 0 Å². The van der Waals surface area contributed by atoms with Gasteiger partial charge in [0.2, 0.25) is 0 Å². The minimum absolute atomic E-state index is 0.699. The van der Waals surface area contributed by atoms with Crippen molar-refractivity contribution in [3.63, 3.8) is 0 Å². The van der Waals surface area contributed by atoms with Gasteiger partial charge in [-0.15, -0.1) is 0 Å². The predicted molar refractivity (Wildman–Crippen MR) is 31.0 cm³/mol. The standard InChI is InChI=1S/C6H12N/c1-6-3-4-7(2)5-6/h6H,1,3-5H2,2H3. The summed E-state index contributed by atoms with van der Waals surface area (Å²) in [7, 11) is 2.14. The molecule has 1 unspecified atom stereocenters. The van der Waals surface area contributed by atoms with Crippen LogP contribution in [0.15, 0.2) is 0 Å². The molecular formula is C6H12N. The van der Waals surface area contributed by atoms with Gasteiger partial charge in [0.15, 0.2) is 0 Å². The normalized spacial score (nSPS) is 34.3. The van der Waals surface area contributed by atoms with Crippen molar-refractivity contribution >= 4 is 0 Å². The van der Waals surface area contributed by atoms with Crippen LogP contribution in [0.4, 0.5) is 0 Å². The molecule has 0 aromatic heterocycles. The molecule has 0 N–H and O–H groups in total. The van der Waals surface area contributed by atoms with Gasteiger partial charge < -0.3 is 4.90 Å². The monoisotopic (exact) mass is 98.1 g/mol. The van der Waals surface area contributed by atoms with Gasteiger partial charge in [0.1, 0.15) is 0 Å². The molecule has 0 aliphatic carbocycles. The van der Waals surface area contributed by atoms with E-state index in [1.54, 1.807) is 0 Å². The Hall–Kier alpha value is -0.0400. The third-order valence-corrected chi connectivity index (χ3v) is 1.49. The summed E-state index contributed by atoms with van der Waals surface area (Å²) < 4.78 is 0. The molecule has 41 valence electrons. The average molecular weight is 98.2 g/mol. The van der Waals surface area contributed by atoms with Gasteiger partial charge in [-0.25, -0.2) is 0 Å². The summed E-state index contributed by atoms with van der Waals surface area (Å²) in [5, 5.41) is 0. The summed E-state index contributed by atoms with van der Waals surface area (Å²) in [4.78, 5) is 2.32. The zero-order chi connectivity index (χ0) is 5.28. The second-order valence-electron chi connectivity index (χ2n) is 2.42. The first-order chi connectivity index (χ1) is 3.29. The van der Waals surface area contributed by atoms with Crippen molar-refractivity contribution in [2.24, 2.45) is 5.92 Å². The Kier molecular flexibility index (Phi) is 1.33. The summed E-state index contributed by atoms with van der Waals surface area (Å²) in [6.07, 6.45) is 1.29. The van der Waals surface area contributed by atoms with Crippen LogP contribution in [0.5, 0.6) is 0 Å². The lowest BCUT2D eigenvalue weighted by atomic mass is 10.2. The van der Waals surface area contributed by atoms with Gasteiger partial charge in [0.25, 0.3) is 0 Å². The van der Waals surface area contributed by atoms with Crippen LogP contribution >= 0.6 is 0 Å². The SMILES string of the molecule is [CH2]C1CCN(C)C1. The van der Waals surface area contributed by atoms with Crippen LogP contribution in [0.1, 0.15) is 6.42 Å². The maximum atomic E-state index is 3.95. The number of likely N-dealkylation sites (tertiary alicyclic amines) is 1. The molecular weight excluding hydrogens is 86.1 g/mol. The van der Waals surface area contributed by atoms with E-state index in [2.05, 4.69) is 18.9 Å². The third kappa shape index (κ3) is 1.16. The van der Waals surface area contributed by atoms with E-state index in [1.807, 2.05) is 0 Å². The highest BCUT2D eigenvalue weighted by molar-refractivity contribution is 4.73. The van der Waals surface area contributed by atoms with Crippen molar-refractivity contribution in [1.82, 2.24) is 4.90 Å². The van der Waals surface area contributed by atoms with Crippen molar-refractivity contribution in [3.05, 3.63) is 6.92 Å². The highest BCUT2D eigenvalue weighted by Crippen LogP contribution is 2.11. The lowest BCUT2D eigenvalue weighted by Gasteiger charge is -2.03. The molecule has 1 atom stereocenters. The van der Waals surface area contributed by atoms with E-state index in [1.165, 1.54) is 19.5 Å². The van der Waals surface area contributed by atoms with Crippen molar-refractivity contribution in [2.45, 2.75) is 6.42 Å². The van der Waals surface area contributed by atoms with Gasteiger partial charge in [-0.05, 0) is 32.9 Å². The Bertz CT molecular complexity index is 53.2. The molecule has 1 fully saturated rings. The van der Waals surface area contributed by atoms with E-state index < -0.39 is 0 Å². The molecule has 1 heterocycles. The molecule has 7 heavy (non-hydrogen) atoms. The molecule has 1 aliphatic rings. The predicted octanol–water partition coefficient (Wildman–Crippen LogP) is 0.772. The fourth-order valence-corrected chi connectivity index (χ4v) is 1.03. The maximum absolute atomic E-state index is 3.95. The number of nitrogens with zero attached hydrogens (tertiary/aromatic N) is 1. The highest BCUT2D eigenvalue weighted by atomic mass is 15.1. The van der Waals surface area contributed by atoms with Crippen molar-refractivity contribution in [1.29, 1.82) is 0 Å². The van der Waals surface area contributed by atoms with Gasteiger partial charge in [0, 0.05) is 6.54 Å². The molecule has 0 bridgehead atoms. The Morgan fingerprint density at radius 3 is 2.57 bits per heavy atom. The van der Waals surface area contributed by atoms with Gasteiger partial charge >= 0.3 is 0 Å². The molecule has 1 rings (SSSR count). The average Bonchev–Trinajstić information content (AvgIpc) is 1.87. The Labute approximate surface area is 45.3 Å². The minimum Gasteiger partial charge on any atom is -0.306 e. The third-order valence-electron chi connectivity index (χ3n) is 1.49. The number of rotatable bonds is 0. The first-order valence-electron chi connectivity index (χ1n) is 2.80. The molecule has 1 radical (unpaired) electrons. The van der Waals surface area contributed by atoms with Crippen LogP contribution in [-0.2, 0) is 0 Å². The smallest absolute Gasteiger partial charge is 0.000709 e. The molecule has 1 heteroatoms. The molecule has 1 saturated heterocycles. The van der Waals surface area contributed by atoms with Gasteiger partial charge in [0.05, 0.1) is 0 Å². The first-order valence-corrected chi connectivity index (χ1v) is 2.80. The van der Waals surface area contributed by atoms with Crippen molar-refractivity contribution < 1.29 is 0 Å². The summed E-state index contributed by atoms with van der Waals surface area (Å²) in [6.45, 7) is 6.38. The largest absolute Gasteiger partial charge is 0.306 e. The van der Waals surface area contributed by atoms with E-state index in [0.717, 1.165) is 0 Å². The molecule has 0 saturated carbocycles. The molecule has 1 nitrogen and oxygen atoms in total. The molecule has 0 amide bonds. The quantitative estimate of drug-likeness (QED) is 0.432. The Morgan fingerprint density at radius 1 is 1.71 bits per heavy atom. The summed E-state index contributed by atoms with van der Waals surface area (Å²) >= 11 is 0. The second-order valence-corrected chi connectivity index (χ2v) is 2.42. The lowest BCUT2D eigenvalue weighted by Crippen LogP contribution is -2.12. The van der Waals surface area contributed by atoms with E-state index in [9.17, 15) is 0 Å². The van der Waals surface area contributed by atoms with Crippen LogP contribution in [0, 0.1) is 12.8 Å². The summed E-state index contributed by atoms with van der Waals surface area (Å²) in [5.41, 5.74) is 0. The van der Waals surface area contributed by atoms with Crippen LogP contribution in [0.3, 0.4) is 0 Å². The minimum atomic E-state index is 0.699. The Morgan fingerprint density at radius 2 is 2.43 bits per heavy atom. The fraction of sp³-hybridized carbons (Fsp3) is 0.833. The Balaban J connectivity index is 2.26. The molecule has 0 spiro atoms. The van der Waals surface area contributed by atoms with Gasteiger partial charge in [-0.2, -0.15) is 0 Å². The summed E-state index contributed by atoms with van der Waals surface area (Å²) in [6, 6.07) is 0. The van der Waals surface area contributed by atoms with Crippen LogP contribution < -0.4 is 0 Å². The molecule has 1 aliphatic heterocycles. The van der Waals surface area contributed by atoms with Crippen molar-refractivity contribution in [2.75, 3.05) is 20.1 Å². The topological polar surface area (TPSA) is 3.24 Å². The zero-order valence-electron chi connectivity index (χ0n) is 4.85. The van der Waals surface area contributed by atoms with Crippen LogP contribution in [0.25, 0.3) is 0 Å². The number of hydrogen-bond acceptors (Lipinski definition) is 1. The van der Waals surface area contributed by atoms with Gasteiger partial charge in [-0.3, -0.25) is 0 Å².